The zero-order valence-electron chi connectivity index (χ0n) is 11.4. The average Bonchev–Trinajstić information content (AvgIpc) is 3.16. The lowest BCUT2D eigenvalue weighted by molar-refractivity contribution is 0.279. The highest BCUT2D eigenvalue weighted by Gasteiger charge is 2.25. The van der Waals surface area contributed by atoms with Crippen LogP contribution in [0.3, 0.4) is 0 Å². The number of aromatic nitrogens is 2. The Hall–Kier alpha value is -0.830. The van der Waals surface area contributed by atoms with E-state index in [0.29, 0.717) is 6.04 Å². The maximum atomic E-state index is 4.30. The molecular formula is C15H25N3. The maximum Gasteiger partial charge on any atom is 0.0951 e. The molecule has 3 nitrogen and oxygen atoms in total. The summed E-state index contributed by atoms with van der Waals surface area (Å²) in [5.74, 6) is 0.885. The van der Waals surface area contributed by atoms with E-state index in [1.54, 1.807) is 0 Å². The topological polar surface area (TPSA) is 29.9 Å². The Morgan fingerprint density at radius 1 is 1.28 bits per heavy atom. The van der Waals surface area contributed by atoms with Gasteiger partial charge in [-0.05, 0) is 38.5 Å². The van der Waals surface area contributed by atoms with Gasteiger partial charge in [-0.15, -0.1) is 0 Å². The minimum atomic E-state index is 0.646. The van der Waals surface area contributed by atoms with Gasteiger partial charge in [-0.25, -0.2) is 4.98 Å². The van der Waals surface area contributed by atoms with Crippen molar-refractivity contribution in [2.45, 2.75) is 70.5 Å². The Kier molecular flexibility index (Phi) is 3.69. The van der Waals surface area contributed by atoms with Gasteiger partial charge in [0.05, 0.1) is 12.0 Å². The largest absolute Gasteiger partial charge is 0.330 e. The summed E-state index contributed by atoms with van der Waals surface area (Å²) in [5, 5.41) is 3.72. The van der Waals surface area contributed by atoms with E-state index in [-0.39, 0.29) is 0 Å². The lowest BCUT2D eigenvalue weighted by Crippen LogP contribution is -2.34. The third-order valence-corrected chi connectivity index (χ3v) is 4.65. The minimum Gasteiger partial charge on any atom is -0.330 e. The first kappa shape index (κ1) is 12.2. The molecule has 2 saturated carbocycles. The number of hydrogen-bond acceptors (Lipinski definition) is 2. The molecule has 3 rings (SSSR count). The SMILES string of the molecule is C[C@H](NCc1cncn1C1CC1)C1CCCCC1. The molecule has 18 heavy (non-hydrogen) atoms. The van der Waals surface area contributed by atoms with Gasteiger partial charge in [-0.2, -0.15) is 0 Å². The van der Waals surface area contributed by atoms with Gasteiger partial charge in [0.1, 0.15) is 0 Å². The van der Waals surface area contributed by atoms with Crippen molar-refractivity contribution in [3.8, 4) is 0 Å². The molecule has 0 bridgehead atoms. The van der Waals surface area contributed by atoms with Crippen LogP contribution in [-0.4, -0.2) is 15.6 Å². The van der Waals surface area contributed by atoms with Gasteiger partial charge in [-0.3, -0.25) is 0 Å². The third kappa shape index (κ3) is 2.77. The zero-order valence-corrected chi connectivity index (χ0v) is 11.4. The van der Waals surface area contributed by atoms with E-state index in [0.717, 1.165) is 18.5 Å². The molecule has 100 valence electrons. The number of imidazole rings is 1. The van der Waals surface area contributed by atoms with Gasteiger partial charge in [0.25, 0.3) is 0 Å². The van der Waals surface area contributed by atoms with Crippen molar-refractivity contribution in [1.82, 2.24) is 14.9 Å². The van der Waals surface area contributed by atoms with Crippen LogP contribution in [0.1, 0.15) is 63.6 Å². The van der Waals surface area contributed by atoms with Gasteiger partial charge in [-0.1, -0.05) is 19.3 Å². The Balaban J connectivity index is 1.51. The fourth-order valence-corrected chi connectivity index (χ4v) is 3.22. The normalized spacial score (nSPS) is 23.2. The molecule has 1 atom stereocenters. The molecule has 3 heteroatoms. The van der Waals surface area contributed by atoms with Crippen LogP contribution in [0.25, 0.3) is 0 Å². The Bertz CT molecular complexity index is 375. The summed E-state index contributed by atoms with van der Waals surface area (Å²) >= 11 is 0. The van der Waals surface area contributed by atoms with Crippen molar-refractivity contribution in [3.05, 3.63) is 18.2 Å². The second-order valence-corrected chi connectivity index (χ2v) is 6.09. The van der Waals surface area contributed by atoms with Crippen LogP contribution in [0.5, 0.6) is 0 Å². The van der Waals surface area contributed by atoms with E-state index in [1.165, 1.54) is 50.6 Å². The summed E-state index contributed by atoms with van der Waals surface area (Å²) in [6, 6.07) is 1.39. The summed E-state index contributed by atoms with van der Waals surface area (Å²) in [5.41, 5.74) is 1.36. The van der Waals surface area contributed by atoms with Crippen LogP contribution in [-0.2, 0) is 6.54 Å². The summed E-state index contributed by atoms with van der Waals surface area (Å²) in [4.78, 5) is 4.30. The molecule has 0 radical (unpaired) electrons. The summed E-state index contributed by atoms with van der Waals surface area (Å²) in [6.45, 7) is 3.34. The average molecular weight is 247 g/mol. The molecule has 1 aromatic rings. The van der Waals surface area contributed by atoms with Crippen LogP contribution >= 0.6 is 0 Å². The van der Waals surface area contributed by atoms with Crippen LogP contribution < -0.4 is 5.32 Å². The molecule has 0 saturated heterocycles. The molecule has 0 unspecified atom stereocenters. The van der Waals surface area contributed by atoms with Crippen LogP contribution in [0, 0.1) is 5.92 Å². The van der Waals surface area contributed by atoms with Crippen molar-refractivity contribution < 1.29 is 0 Å². The van der Waals surface area contributed by atoms with E-state index in [2.05, 4.69) is 21.8 Å². The molecule has 0 amide bonds. The fourth-order valence-electron chi connectivity index (χ4n) is 3.22. The van der Waals surface area contributed by atoms with Crippen LogP contribution in [0.2, 0.25) is 0 Å². The molecule has 1 N–H and O–H groups in total. The van der Waals surface area contributed by atoms with Crippen molar-refractivity contribution in [2.24, 2.45) is 5.92 Å². The minimum absolute atomic E-state index is 0.646. The Morgan fingerprint density at radius 2 is 2.06 bits per heavy atom. The van der Waals surface area contributed by atoms with Gasteiger partial charge in [0, 0.05) is 24.8 Å². The zero-order chi connectivity index (χ0) is 12.4. The molecular weight excluding hydrogens is 222 g/mol. The number of rotatable bonds is 5. The lowest BCUT2D eigenvalue weighted by atomic mass is 9.84. The lowest BCUT2D eigenvalue weighted by Gasteiger charge is -2.28. The van der Waals surface area contributed by atoms with E-state index >= 15 is 0 Å². The molecule has 1 heterocycles. The highest BCUT2D eigenvalue weighted by atomic mass is 15.1. The van der Waals surface area contributed by atoms with E-state index in [1.807, 2.05) is 12.5 Å². The molecule has 1 aromatic heterocycles. The highest BCUT2D eigenvalue weighted by molar-refractivity contribution is 5.03. The van der Waals surface area contributed by atoms with E-state index in [4.69, 9.17) is 0 Å². The van der Waals surface area contributed by atoms with Crippen LogP contribution in [0.4, 0.5) is 0 Å². The standard InChI is InChI=1S/C15H25N3/c1-12(13-5-3-2-4-6-13)17-10-15-9-16-11-18(15)14-7-8-14/h9,11-14,17H,2-8,10H2,1H3/t12-/m0/s1. The van der Waals surface area contributed by atoms with Gasteiger partial charge < -0.3 is 9.88 Å². The Morgan fingerprint density at radius 3 is 2.78 bits per heavy atom. The third-order valence-electron chi connectivity index (χ3n) is 4.65. The van der Waals surface area contributed by atoms with Gasteiger partial charge >= 0.3 is 0 Å². The first-order valence-corrected chi connectivity index (χ1v) is 7.58. The van der Waals surface area contributed by atoms with Crippen molar-refractivity contribution in [2.75, 3.05) is 0 Å². The predicted molar refractivity (Wildman–Crippen MR) is 73.4 cm³/mol. The molecule has 0 spiro atoms. The molecule has 2 fully saturated rings. The van der Waals surface area contributed by atoms with E-state index < -0.39 is 0 Å². The second kappa shape index (κ2) is 5.43. The first-order valence-electron chi connectivity index (χ1n) is 7.58. The van der Waals surface area contributed by atoms with Crippen molar-refractivity contribution >= 4 is 0 Å². The quantitative estimate of drug-likeness (QED) is 0.865. The van der Waals surface area contributed by atoms with Crippen LogP contribution in [0.15, 0.2) is 12.5 Å². The summed E-state index contributed by atoms with van der Waals surface area (Å²) in [6.07, 6.45) is 13.8. The summed E-state index contributed by atoms with van der Waals surface area (Å²) in [7, 11) is 0. The van der Waals surface area contributed by atoms with Gasteiger partial charge in [0.15, 0.2) is 0 Å². The maximum absolute atomic E-state index is 4.30. The van der Waals surface area contributed by atoms with E-state index in [9.17, 15) is 0 Å². The van der Waals surface area contributed by atoms with Crippen molar-refractivity contribution in [3.63, 3.8) is 0 Å². The molecule has 0 aromatic carbocycles. The number of nitrogens with one attached hydrogen (secondary N) is 1. The predicted octanol–water partition coefficient (Wildman–Crippen LogP) is 3.28. The summed E-state index contributed by atoms with van der Waals surface area (Å²) < 4.78 is 2.36. The van der Waals surface area contributed by atoms with Gasteiger partial charge in [0.2, 0.25) is 0 Å². The molecule has 0 aliphatic heterocycles. The first-order chi connectivity index (χ1) is 8.84. The molecule has 2 aliphatic rings. The fraction of sp³-hybridized carbons (Fsp3) is 0.800. The monoisotopic (exact) mass is 247 g/mol. The number of hydrogen-bond donors (Lipinski definition) is 1. The molecule has 2 aliphatic carbocycles. The smallest absolute Gasteiger partial charge is 0.0951 e. The number of nitrogens with zero attached hydrogens (tertiary/aromatic N) is 2. The second-order valence-electron chi connectivity index (χ2n) is 6.09. The highest BCUT2D eigenvalue weighted by Crippen LogP contribution is 2.35. The van der Waals surface area contributed by atoms with Crippen molar-refractivity contribution in [1.29, 1.82) is 0 Å². The Labute approximate surface area is 110 Å².